The van der Waals surface area contributed by atoms with Crippen LogP contribution in [0.3, 0.4) is 0 Å². The summed E-state index contributed by atoms with van der Waals surface area (Å²) in [6.45, 7) is 3.34. The highest BCUT2D eigenvalue weighted by Gasteiger charge is 2.54. The van der Waals surface area contributed by atoms with Crippen LogP contribution >= 0.6 is 0 Å². The fraction of sp³-hybridized carbons (Fsp3) is 0.947. The third-order valence-electron chi connectivity index (χ3n) is 7.65. The van der Waals surface area contributed by atoms with Crippen LogP contribution in [0.4, 0.5) is 0 Å². The SMILES string of the molecule is O=C(NC1C2CC3CC(C2)C1C3)[C@@H]1CCCN1C[C@H]1CCCN1. The number of hydrogen-bond acceptors (Lipinski definition) is 3. The highest BCUT2D eigenvalue weighted by Crippen LogP contribution is 2.58. The van der Waals surface area contributed by atoms with E-state index in [1.807, 2.05) is 0 Å². The number of rotatable bonds is 4. The molecule has 2 saturated heterocycles. The molecule has 4 saturated carbocycles. The maximum atomic E-state index is 13.0. The maximum Gasteiger partial charge on any atom is 0.237 e. The van der Waals surface area contributed by atoms with Gasteiger partial charge in [0.05, 0.1) is 6.04 Å². The Morgan fingerprint density at radius 3 is 2.83 bits per heavy atom. The van der Waals surface area contributed by atoms with Crippen LogP contribution in [0.1, 0.15) is 51.4 Å². The van der Waals surface area contributed by atoms with Crippen LogP contribution in [-0.4, -0.2) is 48.6 Å². The molecule has 128 valence electrons. The summed E-state index contributed by atoms with van der Waals surface area (Å²) < 4.78 is 0. The van der Waals surface area contributed by atoms with Gasteiger partial charge in [0, 0.05) is 18.6 Å². The Hall–Kier alpha value is -0.610. The van der Waals surface area contributed by atoms with E-state index in [0.717, 1.165) is 49.7 Å². The van der Waals surface area contributed by atoms with Crippen LogP contribution in [-0.2, 0) is 4.79 Å². The van der Waals surface area contributed by atoms with Crippen LogP contribution in [0.2, 0.25) is 0 Å². The molecular formula is C19H31N3O. The van der Waals surface area contributed by atoms with E-state index < -0.39 is 0 Å². The lowest BCUT2D eigenvalue weighted by atomic mass is 9.79. The van der Waals surface area contributed by atoms with Crippen molar-refractivity contribution in [1.82, 2.24) is 15.5 Å². The van der Waals surface area contributed by atoms with Gasteiger partial charge in [0.15, 0.2) is 0 Å². The zero-order chi connectivity index (χ0) is 15.4. The summed E-state index contributed by atoms with van der Waals surface area (Å²) >= 11 is 0. The second-order valence-electron chi connectivity index (χ2n) is 8.97. The van der Waals surface area contributed by atoms with Crippen molar-refractivity contribution >= 4 is 5.91 Å². The topological polar surface area (TPSA) is 44.4 Å². The molecule has 4 aliphatic carbocycles. The monoisotopic (exact) mass is 317 g/mol. The molecule has 6 fully saturated rings. The molecule has 4 nitrogen and oxygen atoms in total. The van der Waals surface area contributed by atoms with E-state index >= 15 is 0 Å². The van der Waals surface area contributed by atoms with E-state index in [-0.39, 0.29) is 6.04 Å². The van der Waals surface area contributed by atoms with Crippen LogP contribution in [0.25, 0.3) is 0 Å². The number of carbonyl (C=O) groups is 1. The Kier molecular flexibility index (Phi) is 3.67. The van der Waals surface area contributed by atoms with E-state index in [1.54, 1.807) is 0 Å². The second kappa shape index (κ2) is 5.73. The quantitative estimate of drug-likeness (QED) is 0.830. The standard InChI is InChI=1S/C19H31N3O/c23-19(17-4-2-6-22(17)11-15-3-1-5-20-15)21-18-14-8-12-7-13(10-14)16(18)9-12/h12-18,20H,1-11H2,(H,21,23)/t12?,13?,14?,15-,16?,17+,18?/m1/s1. The molecule has 0 radical (unpaired) electrons. The minimum absolute atomic E-state index is 0.147. The first-order chi connectivity index (χ1) is 11.3. The van der Waals surface area contributed by atoms with Gasteiger partial charge in [-0.3, -0.25) is 9.69 Å². The van der Waals surface area contributed by atoms with Crippen LogP contribution < -0.4 is 10.6 Å². The third kappa shape index (κ3) is 2.53. The van der Waals surface area contributed by atoms with Gasteiger partial charge >= 0.3 is 0 Å². The molecule has 4 bridgehead atoms. The average Bonchev–Trinajstić information content (AvgIpc) is 3.29. The maximum absolute atomic E-state index is 13.0. The molecule has 6 aliphatic rings. The van der Waals surface area contributed by atoms with Crippen LogP contribution in [0.5, 0.6) is 0 Å². The molecule has 7 atom stereocenters. The third-order valence-corrected chi connectivity index (χ3v) is 7.65. The van der Waals surface area contributed by atoms with Crippen molar-refractivity contribution in [3.05, 3.63) is 0 Å². The van der Waals surface area contributed by atoms with Gasteiger partial charge in [-0.1, -0.05) is 0 Å². The molecule has 4 heteroatoms. The van der Waals surface area contributed by atoms with Gasteiger partial charge in [-0.25, -0.2) is 0 Å². The Labute approximate surface area is 139 Å². The lowest BCUT2D eigenvalue weighted by Crippen LogP contribution is -2.52. The Morgan fingerprint density at radius 1 is 1.09 bits per heavy atom. The molecule has 0 aromatic rings. The second-order valence-corrected chi connectivity index (χ2v) is 8.97. The smallest absolute Gasteiger partial charge is 0.237 e. The van der Waals surface area contributed by atoms with Gasteiger partial charge in [0.1, 0.15) is 0 Å². The largest absolute Gasteiger partial charge is 0.351 e. The van der Waals surface area contributed by atoms with E-state index in [9.17, 15) is 4.79 Å². The van der Waals surface area contributed by atoms with Crippen molar-refractivity contribution in [3.8, 4) is 0 Å². The number of nitrogens with one attached hydrogen (secondary N) is 2. The summed E-state index contributed by atoms with van der Waals surface area (Å²) in [7, 11) is 0. The summed E-state index contributed by atoms with van der Waals surface area (Å²) in [5.74, 6) is 3.89. The molecule has 2 N–H and O–H groups in total. The van der Waals surface area contributed by atoms with Gasteiger partial charge in [-0.05, 0) is 88.1 Å². The molecule has 1 amide bonds. The minimum Gasteiger partial charge on any atom is -0.351 e. The van der Waals surface area contributed by atoms with Gasteiger partial charge in [0.2, 0.25) is 5.91 Å². The number of carbonyl (C=O) groups excluding carboxylic acids is 1. The number of likely N-dealkylation sites (tertiary alicyclic amines) is 1. The molecule has 5 unspecified atom stereocenters. The van der Waals surface area contributed by atoms with Crippen LogP contribution in [0.15, 0.2) is 0 Å². The molecule has 0 aromatic carbocycles. The highest BCUT2D eigenvalue weighted by molar-refractivity contribution is 5.82. The first-order valence-corrected chi connectivity index (χ1v) is 10.1. The van der Waals surface area contributed by atoms with Crippen molar-refractivity contribution in [1.29, 1.82) is 0 Å². The molecule has 2 heterocycles. The van der Waals surface area contributed by atoms with Gasteiger partial charge < -0.3 is 10.6 Å². The van der Waals surface area contributed by atoms with E-state index in [1.165, 1.54) is 44.9 Å². The predicted molar refractivity (Wildman–Crippen MR) is 90.0 cm³/mol. The first-order valence-electron chi connectivity index (χ1n) is 10.1. The summed E-state index contributed by atoms with van der Waals surface area (Å²) in [5, 5.41) is 7.12. The summed E-state index contributed by atoms with van der Waals surface area (Å²) in [6.07, 6.45) is 10.5. The zero-order valence-electron chi connectivity index (χ0n) is 14.2. The molecule has 0 spiro atoms. The highest BCUT2D eigenvalue weighted by atomic mass is 16.2. The molecule has 6 rings (SSSR count). The zero-order valence-corrected chi connectivity index (χ0v) is 14.2. The van der Waals surface area contributed by atoms with E-state index in [0.29, 0.717) is 18.0 Å². The van der Waals surface area contributed by atoms with Gasteiger partial charge in [-0.2, -0.15) is 0 Å². The fourth-order valence-corrected chi connectivity index (χ4v) is 6.76. The van der Waals surface area contributed by atoms with Gasteiger partial charge in [-0.15, -0.1) is 0 Å². The fourth-order valence-electron chi connectivity index (χ4n) is 6.76. The van der Waals surface area contributed by atoms with Crippen molar-refractivity contribution in [2.24, 2.45) is 23.7 Å². The van der Waals surface area contributed by atoms with Crippen LogP contribution in [0, 0.1) is 23.7 Å². The molecule has 23 heavy (non-hydrogen) atoms. The lowest BCUT2D eigenvalue weighted by molar-refractivity contribution is -0.127. The molecular weight excluding hydrogens is 286 g/mol. The first kappa shape index (κ1) is 14.7. The summed E-state index contributed by atoms with van der Waals surface area (Å²) in [5.41, 5.74) is 0. The Morgan fingerprint density at radius 2 is 2.00 bits per heavy atom. The normalized spacial score (nSPS) is 48.4. The molecule has 2 aliphatic heterocycles. The average molecular weight is 317 g/mol. The Bertz CT molecular complexity index is 471. The lowest BCUT2D eigenvalue weighted by Gasteiger charge is -2.34. The number of hydrogen-bond donors (Lipinski definition) is 2. The van der Waals surface area contributed by atoms with E-state index in [4.69, 9.17) is 0 Å². The number of amides is 1. The van der Waals surface area contributed by atoms with Crippen molar-refractivity contribution in [3.63, 3.8) is 0 Å². The Balaban J connectivity index is 1.22. The van der Waals surface area contributed by atoms with Crippen molar-refractivity contribution in [2.45, 2.75) is 69.5 Å². The summed E-state index contributed by atoms with van der Waals surface area (Å²) in [4.78, 5) is 15.4. The summed E-state index contributed by atoms with van der Waals surface area (Å²) in [6, 6.07) is 1.27. The molecule has 0 aromatic heterocycles. The van der Waals surface area contributed by atoms with Gasteiger partial charge in [0.25, 0.3) is 0 Å². The van der Waals surface area contributed by atoms with Crippen molar-refractivity contribution in [2.75, 3.05) is 19.6 Å². The van der Waals surface area contributed by atoms with E-state index in [2.05, 4.69) is 15.5 Å². The predicted octanol–water partition coefficient (Wildman–Crippen LogP) is 1.75. The number of nitrogens with zero attached hydrogens (tertiary/aromatic N) is 1. The van der Waals surface area contributed by atoms with Crippen molar-refractivity contribution < 1.29 is 4.79 Å². The minimum atomic E-state index is 0.147.